The van der Waals surface area contributed by atoms with Gasteiger partial charge in [-0.05, 0) is 48.0 Å². The van der Waals surface area contributed by atoms with Gasteiger partial charge in [0.1, 0.15) is 17.9 Å². The van der Waals surface area contributed by atoms with E-state index in [2.05, 4.69) is 21.2 Å². The summed E-state index contributed by atoms with van der Waals surface area (Å²) in [5.74, 6) is -0.840. The van der Waals surface area contributed by atoms with Gasteiger partial charge >= 0.3 is 0 Å². The summed E-state index contributed by atoms with van der Waals surface area (Å²) >= 11 is 3.21. The minimum atomic E-state index is -0.615. The van der Waals surface area contributed by atoms with Crippen molar-refractivity contribution in [2.24, 2.45) is 0 Å². The van der Waals surface area contributed by atoms with Crippen LogP contribution in [-0.2, 0) is 9.59 Å². The fraction of sp³-hybridized carbons (Fsp3) is 0.333. The fourth-order valence-corrected chi connectivity index (χ4v) is 2.46. The molecule has 1 N–H and O–H groups in total. The number of benzene rings is 1. The van der Waals surface area contributed by atoms with E-state index in [1.807, 2.05) is 0 Å². The lowest BCUT2D eigenvalue weighted by Crippen LogP contribution is -2.61. The normalized spacial score (nSPS) is 24.1. The average Bonchev–Trinajstić information content (AvgIpc) is 2.29. The molecule has 4 nitrogen and oxygen atoms in total. The van der Waals surface area contributed by atoms with Crippen molar-refractivity contribution in [3.63, 3.8) is 0 Å². The van der Waals surface area contributed by atoms with Crippen molar-refractivity contribution in [2.45, 2.75) is 25.9 Å². The predicted octanol–water partition coefficient (Wildman–Crippen LogP) is 1.83. The van der Waals surface area contributed by atoms with E-state index in [1.165, 1.54) is 23.1 Å². The summed E-state index contributed by atoms with van der Waals surface area (Å²) in [7, 11) is 0. The topological polar surface area (TPSA) is 49.4 Å². The smallest absolute Gasteiger partial charge is 0.250 e. The van der Waals surface area contributed by atoms with Crippen molar-refractivity contribution in [3.8, 4) is 0 Å². The van der Waals surface area contributed by atoms with E-state index in [0.717, 1.165) is 0 Å². The highest BCUT2D eigenvalue weighted by Crippen LogP contribution is 2.30. The third kappa shape index (κ3) is 2.12. The number of amides is 2. The SMILES string of the molecule is CC1NC(=O)C(C)N(c2ccc(F)cc2Br)C1=O. The molecule has 0 spiro atoms. The Morgan fingerprint density at radius 2 is 2.00 bits per heavy atom. The summed E-state index contributed by atoms with van der Waals surface area (Å²) in [6.07, 6.45) is 0. The van der Waals surface area contributed by atoms with Gasteiger partial charge in [0.2, 0.25) is 11.8 Å². The van der Waals surface area contributed by atoms with Crippen molar-refractivity contribution in [1.29, 1.82) is 0 Å². The van der Waals surface area contributed by atoms with E-state index in [9.17, 15) is 14.0 Å². The largest absolute Gasteiger partial charge is 0.343 e. The Kier molecular flexibility index (Phi) is 3.38. The molecule has 1 fully saturated rings. The number of nitrogens with one attached hydrogen (secondary N) is 1. The second kappa shape index (κ2) is 4.68. The van der Waals surface area contributed by atoms with Crippen LogP contribution in [0, 0.1) is 5.82 Å². The number of hydrogen-bond acceptors (Lipinski definition) is 2. The number of rotatable bonds is 1. The number of halogens is 2. The van der Waals surface area contributed by atoms with Crippen LogP contribution in [0.1, 0.15) is 13.8 Å². The van der Waals surface area contributed by atoms with Gasteiger partial charge in [-0.25, -0.2) is 4.39 Å². The van der Waals surface area contributed by atoms with Crippen LogP contribution in [0.2, 0.25) is 0 Å². The summed E-state index contributed by atoms with van der Waals surface area (Å²) in [6, 6.07) is 2.82. The maximum absolute atomic E-state index is 13.0. The van der Waals surface area contributed by atoms with Crippen molar-refractivity contribution >= 4 is 33.4 Å². The highest BCUT2D eigenvalue weighted by Gasteiger charge is 2.37. The molecule has 96 valence electrons. The lowest BCUT2D eigenvalue weighted by atomic mass is 10.1. The molecular weight excluding hydrogens is 303 g/mol. The first-order valence-electron chi connectivity index (χ1n) is 5.50. The van der Waals surface area contributed by atoms with Gasteiger partial charge in [-0.3, -0.25) is 14.5 Å². The summed E-state index contributed by atoms with van der Waals surface area (Å²) in [4.78, 5) is 25.2. The van der Waals surface area contributed by atoms with Crippen LogP contribution >= 0.6 is 15.9 Å². The van der Waals surface area contributed by atoms with E-state index in [1.54, 1.807) is 13.8 Å². The number of carbonyl (C=O) groups excluding carboxylic acids is 2. The molecule has 2 rings (SSSR count). The monoisotopic (exact) mass is 314 g/mol. The standard InChI is InChI=1S/C12H12BrFN2O2/c1-6-12(18)16(7(2)11(17)15-6)10-4-3-8(14)5-9(10)13/h3-7H,1-2H3,(H,15,17). The molecule has 1 aromatic rings. The van der Waals surface area contributed by atoms with E-state index in [4.69, 9.17) is 0 Å². The minimum absolute atomic E-state index is 0.214. The Balaban J connectivity index is 2.46. The van der Waals surface area contributed by atoms with Crippen molar-refractivity contribution < 1.29 is 14.0 Å². The van der Waals surface area contributed by atoms with Gasteiger partial charge in [0.05, 0.1) is 5.69 Å². The third-order valence-corrected chi connectivity index (χ3v) is 3.54. The molecule has 1 saturated heterocycles. The Morgan fingerprint density at radius 3 is 2.61 bits per heavy atom. The van der Waals surface area contributed by atoms with Gasteiger partial charge in [-0.2, -0.15) is 0 Å². The van der Waals surface area contributed by atoms with Gasteiger partial charge < -0.3 is 5.32 Å². The Bertz CT molecular complexity index is 521. The van der Waals surface area contributed by atoms with Crippen LogP contribution in [0.25, 0.3) is 0 Å². The van der Waals surface area contributed by atoms with E-state index >= 15 is 0 Å². The first-order valence-corrected chi connectivity index (χ1v) is 6.29. The molecule has 2 atom stereocenters. The predicted molar refractivity (Wildman–Crippen MR) is 68.7 cm³/mol. The van der Waals surface area contributed by atoms with E-state index in [-0.39, 0.29) is 11.8 Å². The molecule has 2 unspecified atom stereocenters. The molecule has 1 aliphatic heterocycles. The molecule has 18 heavy (non-hydrogen) atoms. The molecule has 0 radical (unpaired) electrons. The zero-order chi connectivity index (χ0) is 13.4. The summed E-state index contributed by atoms with van der Waals surface area (Å²) in [5.41, 5.74) is 0.496. The molecule has 0 aromatic heterocycles. The average molecular weight is 315 g/mol. The second-order valence-electron chi connectivity index (χ2n) is 4.21. The zero-order valence-electron chi connectivity index (χ0n) is 9.91. The molecule has 0 aliphatic carbocycles. The number of hydrogen-bond donors (Lipinski definition) is 1. The first-order chi connectivity index (χ1) is 8.41. The van der Waals surface area contributed by atoms with Crippen LogP contribution in [0.4, 0.5) is 10.1 Å². The van der Waals surface area contributed by atoms with Gasteiger partial charge in [0, 0.05) is 4.47 Å². The maximum Gasteiger partial charge on any atom is 0.250 e. The Morgan fingerprint density at radius 1 is 1.33 bits per heavy atom. The summed E-state index contributed by atoms with van der Waals surface area (Å²) in [6.45, 7) is 3.26. The minimum Gasteiger partial charge on any atom is -0.343 e. The van der Waals surface area contributed by atoms with Crippen molar-refractivity contribution in [1.82, 2.24) is 5.32 Å². The lowest BCUT2D eigenvalue weighted by Gasteiger charge is -2.36. The van der Waals surface area contributed by atoms with Crippen molar-refractivity contribution in [3.05, 3.63) is 28.5 Å². The Labute approximate surface area is 112 Å². The molecule has 0 bridgehead atoms. The molecule has 1 heterocycles. The zero-order valence-corrected chi connectivity index (χ0v) is 11.5. The third-order valence-electron chi connectivity index (χ3n) is 2.90. The van der Waals surface area contributed by atoms with Gasteiger partial charge in [0.25, 0.3) is 0 Å². The summed E-state index contributed by atoms with van der Waals surface area (Å²) < 4.78 is 13.5. The highest BCUT2D eigenvalue weighted by molar-refractivity contribution is 9.10. The molecule has 0 saturated carbocycles. The van der Waals surface area contributed by atoms with Crippen LogP contribution in [-0.4, -0.2) is 23.9 Å². The lowest BCUT2D eigenvalue weighted by molar-refractivity contribution is -0.133. The fourth-order valence-electron chi connectivity index (χ4n) is 1.92. The number of carbonyl (C=O) groups is 2. The quantitative estimate of drug-likeness (QED) is 0.859. The van der Waals surface area contributed by atoms with Crippen LogP contribution < -0.4 is 10.2 Å². The maximum atomic E-state index is 13.0. The highest BCUT2D eigenvalue weighted by atomic mass is 79.9. The second-order valence-corrected chi connectivity index (χ2v) is 5.06. The molecule has 6 heteroatoms. The van der Waals surface area contributed by atoms with Gasteiger partial charge in [0.15, 0.2) is 0 Å². The van der Waals surface area contributed by atoms with E-state index in [0.29, 0.717) is 10.2 Å². The van der Waals surface area contributed by atoms with Crippen LogP contribution in [0.5, 0.6) is 0 Å². The molecule has 1 aromatic carbocycles. The van der Waals surface area contributed by atoms with Gasteiger partial charge in [-0.1, -0.05) is 0 Å². The number of piperazine rings is 1. The molecule has 1 aliphatic rings. The molecular formula is C12H12BrFN2O2. The number of anilines is 1. The summed E-state index contributed by atoms with van der Waals surface area (Å²) in [5, 5.41) is 2.59. The van der Waals surface area contributed by atoms with Crippen molar-refractivity contribution in [2.75, 3.05) is 4.90 Å². The van der Waals surface area contributed by atoms with Crippen LogP contribution in [0.15, 0.2) is 22.7 Å². The Hall–Kier alpha value is -1.43. The molecule has 2 amide bonds. The van der Waals surface area contributed by atoms with E-state index < -0.39 is 17.9 Å². The van der Waals surface area contributed by atoms with Crippen LogP contribution in [0.3, 0.4) is 0 Å². The number of nitrogens with zero attached hydrogens (tertiary/aromatic N) is 1. The first kappa shape index (κ1) is 13.0. The van der Waals surface area contributed by atoms with Gasteiger partial charge in [-0.15, -0.1) is 0 Å².